The summed E-state index contributed by atoms with van der Waals surface area (Å²) in [4.78, 5) is 24.3. The smallest absolute Gasteiger partial charge is 0.408 e. The summed E-state index contributed by atoms with van der Waals surface area (Å²) >= 11 is 0. The zero-order chi connectivity index (χ0) is 15.0. The number of nitrogens with zero attached hydrogens (tertiary/aromatic N) is 1. The number of hydrogen-bond donors (Lipinski definition) is 1. The van der Waals surface area contributed by atoms with Gasteiger partial charge in [-0.25, -0.2) is 13.6 Å². The second-order valence-corrected chi connectivity index (χ2v) is 5.77. The molecule has 0 saturated carbocycles. The zero-order valence-electron chi connectivity index (χ0n) is 11.8. The van der Waals surface area contributed by atoms with Crippen molar-refractivity contribution in [2.45, 2.75) is 58.2 Å². The molecular weight excluding hydrogens is 258 g/mol. The molecule has 1 rings (SSSR count). The molecule has 2 atom stereocenters. The van der Waals surface area contributed by atoms with Crippen LogP contribution in [0.4, 0.5) is 13.6 Å². The van der Waals surface area contributed by atoms with Gasteiger partial charge in [-0.3, -0.25) is 4.79 Å². The van der Waals surface area contributed by atoms with E-state index in [1.54, 1.807) is 20.8 Å². The molecule has 2 amide bonds. The van der Waals surface area contributed by atoms with Crippen LogP contribution in [0.5, 0.6) is 0 Å². The van der Waals surface area contributed by atoms with E-state index in [0.29, 0.717) is 0 Å². The van der Waals surface area contributed by atoms with Gasteiger partial charge in [-0.05, 0) is 34.6 Å². The highest BCUT2D eigenvalue weighted by Gasteiger charge is 2.54. The minimum atomic E-state index is -2.85. The Hall–Kier alpha value is -1.40. The third-order valence-electron chi connectivity index (χ3n) is 2.85. The molecule has 1 N–H and O–H groups in total. The molecule has 0 spiro atoms. The summed E-state index contributed by atoms with van der Waals surface area (Å²) in [5, 5.41) is 2.34. The Balaban J connectivity index is 2.49. The van der Waals surface area contributed by atoms with Crippen molar-refractivity contribution in [3.63, 3.8) is 0 Å². The third kappa shape index (κ3) is 3.78. The molecule has 0 aromatic carbocycles. The van der Waals surface area contributed by atoms with Gasteiger partial charge in [0.25, 0.3) is 5.92 Å². The van der Waals surface area contributed by atoms with Crippen LogP contribution in [-0.4, -0.2) is 47.1 Å². The number of carbonyl (C=O) groups excluding carboxylic acids is 2. The topological polar surface area (TPSA) is 58.6 Å². The molecule has 0 bridgehead atoms. The standard InChI is InChI=1S/C12H20F2N2O3/c1-7(15-10(18)19-11(3,4)5)9(17)16-6-12(13,14)8(16)2/h7-8H,6H2,1-5H3,(H,15,18)/t7-,8?/m1/s1. The van der Waals surface area contributed by atoms with Gasteiger partial charge < -0.3 is 15.0 Å². The normalized spacial score (nSPS) is 23.3. The van der Waals surface area contributed by atoms with Crippen LogP contribution in [0.3, 0.4) is 0 Å². The van der Waals surface area contributed by atoms with E-state index in [0.717, 1.165) is 4.90 Å². The van der Waals surface area contributed by atoms with Gasteiger partial charge in [0.1, 0.15) is 11.6 Å². The molecule has 0 radical (unpaired) electrons. The Morgan fingerprint density at radius 3 is 2.32 bits per heavy atom. The lowest BCUT2D eigenvalue weighted by Crippen LogP contribution is -2.68. The first-order valence-corrected chi connectivity index (χ1v) is 6.12. The van der Waals surface area contributed by atoms with E-state index in [9.17, 15) is 18.4 Å². The number of carbonyl (C=O) groups is 2. The average Bonchev–Trinajstić information content (AvgIpc) is 2.21. The number of likely N-dealkylation sites (tertiary alicyclic amines) is 1. The molecule has 1 aliphatic rings. The second-order valence-electron chi connectivity index (χ2n) is 5.77. The maximum atomic E-state index is 13.0. The number of alkyl carbamates (subject to hydrolysis) is 1. The third-order valence-corrected chi connectivity index (χ3v) is 2.85. The fourth-order valence-electron chi connectivity index (χ4n) is 1.68. The van der Waals surface area contributed by atoms with Crippen LogP contribution in [0, 0.1) is 0 Å². The number of alkyl halides is 2. The molecular formula is C12H20F2N2O3. The van der Waals surface area contributed by atoms with Gasteiger partial charge in [-0.2, -0.15) is 0 Å². The molecule has 0 aromatic rings. The van der Waals surface area contributed by atoms with Crippen LogP contribution < -0.4 is 5.32 Å². The molecule has 1 aliphatic heterocycles. The Morgan fingerprint density at radius 2 is 1.95 bits per heavy atom. The lowest BCUT2D eigenvalue weighted by Gasteiger charge is -2.46. The second kappa shape index (κ2) is 4.94. The zero-order valence-corrected chi connectivity index (χ0v) is 11.8. The van der Waals surface area contributed by atoms with Crippen LogP contribution in [-0.2, 0) is 9.53 Å². The summed E-state index contributed by atoms with van der Waals surface area (Å²) in [6, 6.07) is -2.03. The molecule has 7 heteroatoms. The quantitative estimate of drug-likeness (QED) is 0.837. The van der Waals surface area contributed by atoms with Gasteiger partial charge >= 0.3 is 6.09 Å². The Labute approximate surface area is 111 Å². The van der Waals surface area contributed by atoms with Crippen LogP contribution in [0.1, 0.15) is 34.6 Å². The first-order chi connectivity index (χ1) is 8.44. The molecule has 110 valence electrons. The SMILES string of the molecule is CC1N(C(=O)[C@@H](C)NC(=O)OC(C)(C)C)CC1(F)F. The summed E-state index contributed by atoms with van der Waals surface area (Å²) in [6.07, 6.45) is -0.742. The summed E-state index contributed by atoms with van der Waals surface area (Å²) in [5.41, 5.74) is -0.677. The Morgan fingerprint density at radius 1 is 1.42 bits per heavy atom. The fraction of sp³-hybridized carbons (Fsp3) is 0.833. The van der Waals surface area contributed by atoms with Crippen molar-refractivity contribution >= 4 is 12.0 Å². The maximum Gasteiger partial charge on any atom is 0.408 e. The molecule has 1 heterocycles. The summed E-state index contributed by atoms with van der Waals surface area (Å²) in [7, 11) is 0. The lowest BCUT2D eigenvalue weighted by molar-refractivity contribution is -0.191. The van der Waals surface area contributed by atoms with Crippen molar-refractivity contribution in [3.05, 3.63) is 0 Å². The number of nitrogens with one attached hydrogen (secondary N) is 1. The highest BCUT2D eigenvalue weighted by molar-refractivity contribution is 5.86. The Bertz CT molecular complexity index is 380. The summed E-state index contributed by atoms with van der Waals surface area (Å²) < 4.78 is 31.0. The average molecular weight is 278 g/mol. The molecule has 1 fully saturated rings. The van der Waals surface area contributed by atoms with Crippen molar-refractivity contribution in [2.75, 3.05) is 6.54 Å². The first-order valence-electron chi connectivity index (χ1n) is 6.12. The van der Waals surface area contributed by atoms with Gasteiger partial charge in [0.2, 0.25) is 5.91 Å². The number of hydrogen-bond acceptors (Lipinski definition) is 3. The highest BCUT2D eigenvalue weighted by Crippen LogP contribution is 2.34. The van der Waals surface area contributed by atoms with E-state index in [1.807, 2.05) is 0 Å². The van der Waals surface area contributed by atoms with Gasteiger partial charge in [0.15, 0.2) is 0 Å². The van der Waals surface area contributed by atoms with Gasteiger partial charge in [-0.15, -0.1) is 0 Å². The van der Waals surface area contributed by atoms with Crippen LogP contribution in [0.15, 0.2) is 0 Å². The van der Waals surface area contributed by atoms with Crippen molar-refractivity contribution in [2.24, 2.45) is 0 Å². The number of ether oxygens (including phenoxy) is 1. The summed E-state index contributed by atoms with van der Waals surface area (Å²) in [6.45, 7) is 7.19. The molecule has 19 heavy (non-hydrogen) atoms. The van der Waals surface area contributed by atoms with Crippen molar-refractivity contribution in [1.29, 1.82) is 0 Å². The van der Waals surface area contributed by atoms with Gasteiger partial charge in [-0.1, -0.05) is 0 Å². The number of amides is 2. The summed E-state index contributed by atoms with van der Waals surface area (Å²) in [5.74, 6) is -3.38. The van der Waals surface area contributed by atoms with E-state index in [1.165, 1.54) is 13.8 Å². The van der Waals surface area contributed by atoms with Crippen molar-refractivity contribution in [3.8, 4) is 0 Å². The Kier molecular flexibility index (Phi) is 4.07. The van der Waals surface area contributed by atoms with Crippen molar-refractivity contribution < 1.29 is 23.1 Å². The minimum absolute atomic E-state index is 0.538. The highest BCUT2D eigenvalue weighted by atomic mass is 19.3. The van der Waals surface area contributed by atoms with E-state index in [-0.39, 0.29) is 0 Å². The van der Waals surface area contributed by atoms with E-state index >= 15 is 0 Å². The van der Waals surface area contributed by atoms with Crippen LogP contribution >= 0.6 is 0 Å². The lowest BCUT2D eigenvalue weighted by atomic mass is 9.99. The van der Waals surface area contributed by atoms with Gasteiger partial charge in [0, 0.05) is 0 Å². The van der Waals surface area contributed by atoms with Crippen LogP contribution in [0.2, 0.25) is 0 Å². The molecule has 0 aromatic heterocycles. The van der Waals surface area contributed by atoms with E-state index < -0.39 is 42.2 Å². The van der Waals surface area contributed by atoms with Crippen molar-refractivity contribution in [1.82, 2.24) is 10.2 Å². The van der Waals surface area contributed by atoms with E-state index in [2.05, 4.69) is 5.32 Å². The first kappa shape index (κ1) is 15.7. The monoisotopic (exact) mass is 278 g/mol. The predicted octanol–water partition coefficient (Wildman–Crippen LogP) is 1.77. The largest absolute Gasteiger partial charge is 0.444 e. The van der Waals surface area contributed by atoms with Crippen LogP contribution in [0.25, 0.3) is 0 Å². The fourth-order valence-corrected chi connectivity index (χ4v) is 1.68. The molecule has 1 saturated heterocycles. The maximum absolute atomic E-state index is 13.0. The molecule has 1 unspecified atom stereocenters. The number of halogens is 2. The minimum Gasteiger partial charge on any atom is -0.444 e. The molecule has 0 aliphatic carbocycles. The number of rotatable bonds is 2. The van der Waals surface area contributed by atoms with Gasteiger partial charge in [0.05, 0.1) is 12.6 Å². The van der Waals surface area contributed by atoms with E-state index in [4.69, 9.17) is 4.74 Å². The molecule has 5 nitrogen and oxygen atoms in total. The predicted molar refractivity (Wildman–Crippen MR) is 65.0 cm³/mol.